The van der Waals surface area contributed by atoms with Crippen LogP contribution < -0.4 is 10.0 Å². The van der Waals surface area contributed by atoms with Crippen molar-refractivity contribution >= 4 is 33.3 Å². The van der Waals surface area contributed by atoms with Crippen molar-refractivity contribution in [2.45, 2.75) is 25.7 Å². The van der Waals surface area contributed by atoms with E-state index in [1.54, 1.807) is 56.3 Å². The lowest BCUT2D eigenvalue weighted by atomic mass is 10.1. The van der Waals surface area contributed by atoms with E-state index in [1.807, 2.05) is 6.92 Å². The summed E-state index contributed by atoms with van der Waals surface area (Å²) in [5.74, 6) is -1.01. The lowest BCUT2D eigenvalue weighted by molar-refractivity contribution is 0.0600. The summed E-state index contributed by atoms with van der Waals surface area (Å²) in [5.41, 5.74) is 3.73. The minimum Gasteiger partial charge on any atom is -0.465 e. The standard InChI is InChI=1S/C24H24N2O5S/c1-15-5-10-19(11-6-15)26-32(29,30)20-12-8-16(2)21(14-20)23(27)25-22-13-18(24(28)31-4)9-7-17(22)3/h5-14,26H,1-4H3,(H,25,27). The van der Waals surface area contributed by atoms with Crippen molar-refractivity contribution in [1.29, 1.82) is 0 Å². The summed E-state index contributed by atoms with van der Waals surface area (Å²) in [7, 11) is -2.61. The Morgan fingerprint density at radius 3 is 2.16 bits per heavy atom. The molecule has 0 aliphatic heterocycles. The molecular formula is C24H24N2O5S. The molecule has 0 aromatic heterocycles. The number of ether oxygens (including phenoxy) is 1. The average Bonchev–Trinajstić information content (AvgIpc) is 2.76. The van der Waals surface area contributed by atoms with Crippen LogP contribution in [-0.4, -0.2) is 27.4 Å². The number of benzene rings is 3. The van der Waals surface area contributed by atoms with Crippen molar-refractivity contribution in [2.75, 3.05) is 17.1 Å². The van der Waals surface area contributed by atoms with Gasteiger partial charge in [0.25, 0.3) is 15.9 Å². The number of amides is 1. The zero-order chi connectivity index (χ0) is 23.5. The Labute approximate surface area is 187 Å². The second kappa shape index (κ2) is 9.23. The van der Waals surface area contributed by atoms with Gasteiger partial charge in [-0.15, -0.1) is 0 Å². The highest BCUT2D eigenvalue weighted by molar-refractivity contribution is 7.92. The van der Waals surface area contributed by atoms with Gasteiger partial charge in [0.15, 0.2) is 0 Å². The van der Waals surface area contributed by atoms with E-state index < -0.39 is 21.9 Å². The molecule has 0 saturated heterocycles. The SMILES string of the molecule is COC(=O)c1ccc(C)c(NC(=O)c2cc(S(=O)(=O)Nc3ccc(C)cc3)ccc2C)c1. The van der Waals surface area contributed by atoms with Crippen LogP contribution in [0.3, 0.4) is 0 Å². The van der Waals surface area contributed by atoms with E-state index in [9.17, 15) is 18.0 Å². The molecule has 166 valence electrons. The van der Waals surface area contributed by atoms with E-state index in [-0.39, 0.29) is 10.5 Å². The van der Waals surface area contributed by atoms with Gasteiger partial charge in [-0.3, -0.25) is 9.52 Å². The largest absolute Gasteiger partial charge is 0.465 e. The lowest BCUT2D eigenvalue weighted by Gasteiger charge is -2.13. The van der Waals surface area contributed by atoms with E-state index in [0.29, 0.717) is 22.5 Å². The van der Waals surface area contributed by atoms with E-state index in [2.05, 4.69) is 10.0 Å². The highest BCUT2D eigenvalue weighted by Crippen LogP contribution is 2.23. The quantitative estimate of drug-likeness (QED) is 0.538. The molecule has 32 heavy (non-hydrogen) atoms. The summed E-state index contributed by atoms with van der Waals surface area (Å²) in [6, 6.07) is 16.1. The maximum Gasteiger partial charge on any atom is 0.337 e. The molecule has 0 aliphatic rings. The summed E-state index contributed by atoms with van der Waals surface area (Å²) in [5, 5.41) is 2.76. The van der Waals surface area contributed by atoms with Crippen molar-refractivity contribution in [3.05, 3.63) is 88.5 Å². The number of rotatable bonds is 6. The second-order valence-corrected chi connectivity index (χ2v) is 9.11. The van der Waals surface area contributed by atoms with Crippen LogP contribution in [-0.2, 0) is 14.8 Å². The molecule has 3 rings (SSSR count). The van der Waals surface area contributed by atoms with Gasteiger partial charge in [-0.05, 0) is 68.3 Å². The topological polar surface area (TPSA) is 102 Å². The van der Waals surface area contributed by atoms with Gasteiger partial charge in [0.05, 0.1) is 17.6 Å². The fraction of sp³-hybridized carbons (Fsp3) is 0.167. The summed E-state index contributed by atoms with van der Waals surface area (Å²) in [6.07, 6.45) is 0. The Morgan fingerprint density at radius 1 is 0.844 bits per heavy atom. The fourth-order valence-corrected chi connectivity index (χ4v) is 4.12. The van der Waals surface area contributed by atoms with Crippen molar-refractivity contribution in [1.82, 2.24) is 0 Å². The molecule has 3 aromatic rings. The third kappa shape index (κ3) is 5.15. The number of esters is 1. The Morgan fingerprint density at radius 2 is 1.50 bits per heavy atom. The molecule has 0 heterocycles. The maximum atomic E-state index is 13.0. The van der Waals surface area contributed by atoms with Gasteiger partial charge in [0.2, 0.25) is 0 Å². The molecule has 0 unspecified atom stereocenters. The Hall–Kier alpha value is -3.65. The molecule has 8 heteroatoms. The van der Waals surface area contributed by atoms with Crippen LogP contribution >= 0.6 is 0 Å². The monoisotopic (exact) mass is 452 g/mol. The first-order chi connectivity index (χ1) is 15.1. The van der Waals surface area contributed by atoms with Gasteiger partial charge in [0.1, 0.15) is 0 Å². The number of aryl methyl sites for hydroxylation is 3. The molecule has 0 atom stereocenters. The number of hydrogen-bond acceptors (Lipinski definition) is 5. The molecule has 0 fully saturated rings. The zero-order valence-corrected chi connectivity index (χ0v) is 19.0. The van der Waals surface area contributed by atoms with Gasteiger partial charge in [0, 0.05) is 16.9 Å². The van der Waals surface area contributed by atoms with Gasteiger partial charge >= 0.3 is 5.97 Å². The molecule has 0 saturated carbocycles. The smallest absolute Gasteiger partial charge is 0.337 e. The van der Waals surface area contributed by atoms with Crippen LogP contribution in [0.4, 0.5) is 11.4 Å². The highest BCUT2D eigenvalue weighted by atomic mass is 32.2. The second-order valence-electron chi connectivity index (χ2n) is 7.42. The third-order valence-electron chi connectivity index (χ3n) is 4.97. The summed E-state index contributed by atoms with van der Waals surface area (Å²) >= 11 is 0. The molecule has 0 aliphatic carbocycles. The number of nitrogens with one attached hydrogen (secondary N) is 2. The average molecular weight is 453 g/mol. The van der Waals surface area contributed by atoms with Crippen LogP contribution in [0.25, 0.3) is 0 Å². The van der Waals surface area contributed by atoms with Crippen LogP contribution in [0.1, 0.15) is 37.4 Å². The van der Waals surface area contributed by atoms with E-state index >= 15 is 0 Å². The molecule has 0 bridgehead atoms. The molecule has 0 spiro atoms. The number of carbonyl (C=O) groups excluding carboxylic acids is 2. The first-order valence-electron chi connectivity index (χ1n) is 9.81. The number of carbonyl (C=O) groups is 2. The van der Waals surface area contributed by atoms with Crippen molar-refractivity contribution in [3.8, 4) is 0 Å². The summed E-state index contributed by atoms with van der Waals surface area (Å²) < 4.78 is 32.9. The summed E-state index contributed by atoms with van der Waals surface area (Å²) in [4.78, 5) is 24.7. The summed E-state index contributed by atoms with van der Waals surface area (Å²) in [6.45, 7) is 5.41. The van der Waals surface area contributed by atoms with Crippen molar-refractivity contribution in [2.24, 2.45) is 0 Å². The number of sulfonamides is 1. The predicted octanol–water partition coefficient (Wildman–Crippen LogP) is 4.45. The minimum absolute atomic E-state index is 0.0335. The van der Waals surface area contributed by atoms with Crippen LogP contribution in [0, 0.1) is 20.8 Å². The Balaban J connectivity index is 1.89. The van der Waals surface area contributed by atoms with Crippen molar-refractivity contribution < 1.29 is 22.7 Å². The van der Waals surface area contributed by atoms with Crippen LogP contribution in [0.15, 0.2) is 65.6 Å². The first kappa shape index (κ1) is 23.0. The van der Waals surface area contributed by atoms with Gasteiger partial charge in [-0.25, -0.2) is 13.2 Å². The molecule has 3 aromatic carbocycles. The molecule has 1 amide bonds. The maximum absolute atomic E-state index is 13.0. The molecule has 0 radical (unpaired) electrons. The van der Waals surface area contributed by atoms with Gasteiger partial charge < -0.3 is 10.1 Å². The molecule has 2 N–H and O–H groups in total. The van der Waals surface area contributed by atoms with E-state index in [1.165, 1.54) is 25.3 Å². The van der Waals surface area contributed by atoms with Gasteiger partial charge in [-0.2, -0.15) is 0 Å². The third-order valence-corrected chi connectivity index (χ3v) is 6.35. The molecular weight excluding hydrogens is 428 g/mol. The fourth-order valence-electron chi connectivity index (χ4n) is 3.04. The number of hydrogen-bond donors (Lipinski definition) is 2. The van der Waals surface area contributed by atoms with Gasteiger partial charge in [-0.1, -0.05) is 29.8 Å². The minimum atomic E-state index is -3.89. The Kier molecular flexibility index (Phi) is 6.64. The zero-order valence-electron chi connectivity index (χ0n) is 18.2. The van der Waals surface area contributed by atoms with Crippen LogP contribution in [0.2, 0.25) is 0 Å². The number of methoxy groups -OCH3 is 1. The number of anilines is 2. The van der Waals surface area contributed by atoms with Crippen LogP contribution in [0.5, 0.6) is 0 Å². The van der Waals surface area contributed by atoms with Crippen molar-refractivity contribution in [3.63, 3.8) is 0 Å². The highest BCUT2D eigenvalue weighted by Gasteiger charge is 2.19. The molecule has 7 nitrogen and oxygen atoms in total. The first-order valence-corrected chi connectivity index (χ1v) is 11.3. The Bertz CT molecular complexity index is 1280. The predicted molar refractivity (Wildman–Crippen MR) is 124 cm³/mol. The lowest BCUT2D eigenvalue weighted by Crippen LogP contribution is -2.17. The normalized spacial score (nSPS) is 11.0. The van der Waals surface area contributed by atoms with E-state index in [4.69, 9.17) is 4.74 Å². The van der Waals surface area contributed by atoms with E-state index in [0.717, 1.165) is 11.1 Å².